The summed E-state index contributed by atoms with van der Waals surface area (Å²) in [5.74, 6) is 1.06. The van der Waals surface area contributed by atoms with Crippen LogP contribution in [-0.2, 0) is 12.8 Å². The molecule has 1 atom stereocenters. The molecule has 1 N–H and O–H groups in total. The van der Waals surface area contributed by atoms with Gasteiger partial charge in [0.05, 0.1) is 7.11 Å². The maximum absolute atomic E-state index is 5.41. The first-order valence-electron chi connectivity index (χ1n) is 6.11. The first-order chi connectivity index (χ1) is 7.70. The average Bonchev–Trinajstić information content (AvgIpc) is 2.27. The number of benzene rings is 1. The van der Waals surface area contributed by atoms with Gasteiger partial charge >= 0.3 is 0 Å². The van der Waals surface area contributed by atoms with Crippen LogP contribution in [-0.4, -0.2) is 19.2 Å². The third-order valence-corrected chi connectivity index (χ3v) is 3.23. The summed E-state index contributed by atoms with van der Waals surface area (Å²) in [6, 6.07) is 7.58. The molecule has 1 aromatic rings. The van der Waals surface area contributed by atoms with E-state index < -0.39 is 0 Å². The van der Waals surface area contributed by atoms with Gasteiger partial charge in [0.1, 0.15) is 5.75 Å². The molecular weight excluding hydrogens is 234 g/mol. The maximum Gasteiger partial charge on any atom is 0.122 e. The molecule has 0 saturated carbocycles. The zero-order valence-corrected chi connectivity index (χ0v) is 11.6. The highest BCUT2D eigenvalue weighted by atomic mass is 35.5. The number of ether oxygens (including phenoxy) is 1. The summed E-state index contributed by atoms with van der Waals surface area (Å²) in [5, 5.41) is 3.62. The van der Waals surface area contributed by atoms with Crippen molar-refractivity contribution < 1.29 is 4.74 Å². The molecule has 0 amide bonds. The Morgan fingerprint density at radius 3 is 2.76 bits per heavy atom. The number of halogens is 1. The first kappa shape index (κ1) is 14.3. The van der Waals surface area contributed by atoms with Crippen molar-refractivity contribution in [2.75, 3.05) is 7.11 Å². The van der Waals surface area contributed by atoms with Crippen molar-refractivity contribution in [2.45, 2.75) is 45.2 Å². The molecule has 0 spiro atoms. The number of methoxy groups -OCH3 is 1. The molecule has 0 bridgehead atoms. The molecule has 1 unspecified atom stereocenters. The number of fused-ring (bicyclic) bond motifs is 1. The van der Waals surface area contributed by atoms with E-state index in [4.69, 9.17) is 4.74 Å². The standard InChI is InChI=1S/C14H21NO.ClH/c1-10(2)15-12-7-8-13-11(9-12)5-4-6-14(13)16-3;/h4-6,10,12,15H,7-9H2,1-3H3;1H. The second-order valence-corrected chi connectivity index (χ2v) is 4.86. The van der Waals surface area contributed by atoms with Gasteiger partial charge in [-0.3, -0.25) is 0 Å². The lowest BCUT2D eigenvalue weighted by Crippen LogP contribution is -2.38. The monoisotopic (exact) mass is 255 g/mol. The molecule has 2 nitrogen and oxygen atoms in total. The second-order valence-electron chi connectivity index (χ2n) is 4.86. The molecule has 96 valence electrons. The lowest BCUT2D eigenvalue weighted by molar-refractivity contribution is 0.389. The molecule has 0 fully saturated rings. The summed E-state index contributed by atoms with van der Waals surface area (Å²) >= 11 is 0. The molecule has 17 heavy (non-hydrogen) atoms. The van der Waals surface area contributed by atoms with Gasteiger partial charge in [0, 0.05) is 12.1 Å². The largest absolute Gasteiger partial charge is 0.496 e. The zero-order chi connectivity index (χ0) is 11.5. The van der Waals surface area contributed by atoms with Crippen molar-refractivity contribution in [2.24, 2.45) is 0 Å². The van der Waals surface area contributed by atoms with Crippen LogP contribution in [0.15, 0.2) is 18.2 Å². The number of hydrogen-bond donors (Lipinski definition) is 1. The van der Waals surface area contributed by atoms with E-state index in [9.17, 15) is 0 Å². The fourth-order valence-corrected chi connectivity index (χ4v) is 2.58. The van der Waals surface area contributed by atoms with Gasteiger partial charge in [0.15, 0.2) is 0 Å². The summed E-state index contributed by atoms with van der Waals surface area (Å²) in [7, 11) is 1.76. The van der Waals surface area contributed by atoms with Crippen LogP contribution in [0.25, 0.3) is 0 Å². The summed E-state index contributed by atoms with van der Waals surface area (Å²) in [4.78, 5) is 0. The van der Waals surface area contributed by atoms with Gasteiger partial charge in [-0.05, 0) is 36.5 Å². The van der Waals surface area contributed by atoms with Crippen molar-refractivity contribution in [1.29, 1.82) is 0 Å². The topological polar surface area (TPSA) is 21.3 Å². The Morgan fingerprint density at radius 1 is 1.35 bits per heavy atom. The summed E-state index contributed by atoms with van der Waals surface area (Å²) in [5.41, 5.74) is 2.86. The smallest absolute Gasteiger partial charge is 0.122 e. The van der Waals surface area contributed by atoms with Crippen molar-refractivity contribution >= 4 is 12.4 Å². The van der Waals surface area contributed by atoms with E-state index in [0.29, 0.717) is 12.1 Å². The fraction of sp³-hybridized carbons (Fsp3) is 0.571. The van der Waals surface area contributed by atoms with E-state index in [1.807, 2.05) is 0 Å². The molecule has 2 rings (SSSR count). The Hall–Kier alpha value is -0.730. The van der Waals surface area contributed by atoms with Gasteiger partial charge in [-0.25, -0.2) is 0 Å². The van der Waals surface area contributed by atoms with Crippen molar-refractivity contribution in [1.82, 2.24) is 5.32 Å². The van der Waals surface area contributed by atoms with Crippen molar-refractivity contribution in [3.8, 4) is 5.75 Å². The third kappa shape index (κ3) is 3.36. The molecule has 0 aliphatic heterocycles. The van der Waals surface area contributed by atoms with Gasteiger partial charge < -0.3 is 10.1 Å². The van der Waals surface area contributed by atoms with E-state index in [1.165, 1.54) is 17.5 Å². The van der Waals surface area contributed by atoms with Crippen LogP contribution in [0.2, 0.25) is 0 Å². The van der Waals surface area contributed by atoms with Gasteiger partial charge in [0.2, 0.25) is 0 Å². The summed E-state index contributed by atoms with van der Waals surface area (Å²) in [6.07, 6.45) is 3.47. The van der Waals surface area contributed by atoms with E-state index in [-0.39, 0.29) is 12.4 Å². The lowest BCUT2D eigenvalue weighted by Gasteiger charge is -2.28. The van der Waals surface area contributed by atoms with Crippen LogP contribution in [0.5, 0.6) is 5.75 Å². The number of nitrogens with one attached hydrogen (secondary N) is 1. The Balaban J connectivity index is 0.00000144. The van der Waals surface area contributed by atoms with Gasteiger partial charge in [-0.1, -0.05) is 26.0 Å². The predicted octanol–water partition coefficient (Wildman–Crippen LogP) is 2.97. The van der Waals surface area contributed by atoms with E-state index in [2.05, 4.69) is 37.4 Å². The minimum atomic E-state index is 0. The molecule has 0 aromatic heterocycles. The highest BCUT2D eigenvalue weighted by Crippen LogP contribution is 2.29. The van der Waals surface area contributed by atoms with Crippen LogP contribution in [0.1, 0.15) is 31.4 Å². The fourth-order valence-electron chi connectivity index (χ4n) is 2.58. The Labute approximate surface area is 110 Å². The molecule has 1 aromatic carbocycles. The molecule has 1 aliphatic rings. The molecule has 0 saturated heterocycles. The van der Waals surface area contributed by atoms with Gasteiger partial charge in [-0.15, -0.1) is 12.4 Å². The van der Waals surface area contributed by atoms with Crippen LogP contribution >= 0.6 is 12.4 Å². The average molecular weight is 256 g/mol. The van der Waals surface area contributed by atoms with Crippen LogP contribution < -0.4 is 10.1 Å². The molecular formula is C14H22ClNO. The zero-order valence-electron chi connectivity index (χ0n) is 10.8. The molecule has 0 radical (unpaired) electrons. The predicted molar refractivity (Wildman–Crippen MR) is 74.3 cm³/mol. The molecule has 3 heteroatoms. The quantitative estimate of drug-likeness (QED) is 0.897. The second kappa shape index (κ2) is 6.27. The van der Waals surface area contributed by atoms with Crippen LogP contribution in [0.4, 0.5) is 0 Å². The lowest BCUT2D eigenvalue weighted by atomic mass is 9.87. The number of hydrogen-bond acceptors (Lipinski definition) is 2. The van der Waals surface area contributed by atoms with E-state index in [0.717, 1.165) is 18.6 Å². The van der Waals surface area contributed by atoms with E-state index >= 15 is 0 Å². The normalized spacial score (nSPS) is 18.5. The highest BCUT2D eigenvalue weighted by molar-refractivity contribution is 5.85. The SMILES string of the molecule is COc1cccc2c1CCC(NC(C)C)C2.Cl. The minimum Gasteiger partial charge on any atom is -0.496 e. The summed E-state index contributed by atoms with van der Waals surface area (Å²) in [6.45, 7) is 4.42. The Morgan fingerprint density at radius 2 is 2.12 bits per heavy atom. The third-order valence-electron chi connectivity index (χ3n) is 3.23. The minimum absolute atomic E-state index is 0. The van der Waals surface area contributed by atoms with Crippen LogP contribution in [0, 0.1) is 0 Å². The van der Waals surface area contributed by atoms with E-state index in [1.54, 1.807) is 7.11 Å². The van der Waals surface area contributed by atoms with Gasteiger partial charge in [0.25, 0.3) is 0 Å². The van der Waals surface area contributed by atoms with Crippen LogP contribution in [0.3, 0.4) is 0 Å². The van der Waals surface area contributed by atoms with Crippen molar-refractivity contribution in [3.05, 3.63) is 29.3 Å². The number of rotatable bonds is 3. The summed E-state index contributed by atoms with van der Waals surface area (Å²) < 4.78 is 5.41. The molecule has 0 heterocycles. The van der Waals surface area contributed by atoms with Crippen molar-refractivity contribution in [3.63, 3.8) is 0 Å². The highest BCUT2D eigenvalue weighted by Gasteiger charge is 2.21. The Kier molecular flexibility index (Phi) is 5.29. The first-order valence-corrected chi connectivity index (χ1v) is 6.11. The Bertz CT molecular complexity index is 365. The maximum atomic E-state index is 5.41. The molecule has 1 aliphatic carbocycles. The van der Waals surface area contributed by atoms with Gasteiger partial charge in [-0.2, -0.15) is 0 Å².